The number of rotatable bonds is 8. The minimum absolute atomic E-state index is 0.00625. The van der Waals surface area contributed by atoms with Crippen molar-refractivity contribution in [3.8, 4) is 0 Å². The van der Waals surface area contributed by atoms with E-state index >= 15 is 0 Å². The molecule has 0 aromatic rings. The maximum atomic E-state index is 11.8. The molecule has 0 spiro atoms. The number of hydrogen-bond donors (Lipinski definition) is 3. The van der Waals surface area contributed by atoms with Gasteiger partial charge in [-0.15, -0.1) is 0 Å². The van der Waals surface area contributed by atoms with Crippen molar-refractivity contribution in [2.75, 3.05) is 6.54 Å². The van der Waals surface area contributed by atoms with Crippen LogP contribution in [0.5, 0.6) is 0 Å². The minimum Gasteiger partial charge on any atom is -0.354 e. The Hall–Kier alpha value is -1.10. The van der Waals surface area contributed by atoms with E-state index in [-0.39, 0.29) is 29.3 Å². The topological polar surface area (TPSA) is 84.2 Å². The maximum absolute atomic E-state index is 11.8. The molecule has 0 radical (unpaired) electrons. The number of carbonyl (C=O) groups is 2. The molecule has 0 aromatic carbocycles. The standard InChI is InChI=1S/C14H29N3O2/c1-10(2)14(5,9-15)17-13(19)8-6-7-12(18)16-11(3)4/h10-11H,6-9,15H2,1-5H3,(H,16,18)(H,17,19). The van der Waals surface area contributed by atoms with E-state index in [2.05, 4.69) is 10.6 Å². The summed E-state index contributed by atoms with van der Waals surface area (Å²) in [6.45, 7) is 10.2. The van der Waals surface area contributed by atoms with E-state index < -0.39 is 0 Å². The summed E-state index contributed by atoms with van der Waals surface area (Å²) in [4.78, 5) is 23.2. The molecule has 0 fully saturated rings. The summed E-state index contributed by atoms with van der Waals surface area (Å²) in [5.74, 6) is 0.220. The molecule has 1 unspecified atom stereocenters. The van der Waals surface area contributed by atoms with Gasteiger partial charge in [0, 0.05) is 25.4 Å². The first kappa shape index (κ1) is 17.9. The monoisotopic (exact) mass is 271 g/mol. The van der Waals surface area contributed by atoms with Crippen LogP contribution in [-0.4, -0.2) is 29.9 Å². The molecule has 0 aliphatic rings. The van der Waals surface area contributed by atoms with Gasteiger partial charge in [0.25, 0.3) is 0 Å². The second-order valence-electron chi connectivity index (χ2n) is 5.90. The summed E-state index contributed by atoms with van der Waals surface area (Å²) < 4.78 is 0. The lowest BCUT2D eigenvalue weighted by atomic mass is 9.88. The smallest absolute Gasteiger partial charge is 0.220 e. The van der Waals surface area contributed by atoms with E-state index in [1.165, 1.54) is 0 Å². The molecule has 5 heteroatoms. The summed E-state index contributed by atoms with van der Waals surface area (Å²) in [7, 11) is 0. The molecule has 0 aliphatic heterocycles. The van der Waals surface area contributed by atoms with Gasteiger partial charge in [0.15, 0.2) is 0 Å². The first-order chi connectivity index (χ1) is 8.71. The van der Waals surface area contributed by atoms with E-state index in [0.717, 1.165) is 0 Å². The summed E-state index contributed by atoms with van der Waals surface area (Å²) in [5, 5.41) is 5.76. The molecule has 0 heterocycles. The molecule has 19 heavy (non-hydrogen) atoms. The molecule has 2 amide bonds. The average molecular weight is 271 g/mol. The Bertz CT molecular complexity index is 303. The Balaban J connectivity index is 4.03. The van der Waals surface area contributed by atoms with Crippen molar-refractivity contribution in [2.24, 2.45) is 11.7 Å². The zero-order valence-corrected chi connectivity index (χ0v) is 12.9. The van der Waals surface area contributed by atoms with Crippen LogP contribution in [0.15, 0.2) is 0 Å². The highest BCUT2D eigenvalue weighted by Gasteiger charge is 2.28. The minimum atomic E-state index is -0.378. The van der Waals surface area contributed by atoms with Crippen LogP contribution in [0, 0.1) is 5.92 Å². The second-order valence-corrected chi connectivity index (χ2v) is 5.90. The summed E-state index contributed by atoms with van der Waals surface area (Å²) in [6, 6.07) is 0.141. The normalized spacial score (nSPS) is 14.3. The van der Waals surface area contributed by atoms with Crippen molar-refractivity contribution in [2.45, 2.75) is 65.5 Å². The molecule has 112 valence electrons. The number of nitrogens with two attached hydrogens (primary N) is 1. The Kier molecular flexibility index (Phi) is 7.68. The quantitative estimate of drug-likeness (QED) is 0.619. The fraction of sp³-hybridized carbons (Fsp3) is 0.857. The Morgan fingerprint density at radius 1 is 1.11 bits per heavy atom. The van der Waals surface area contributed by atoms with E-state index in [4.69, 9.17) is 5.73 Å². The lowest BCUT2D eigenvalue weighted by Crippen LogP contribution is -2.55. The van der Waals surface area contributed by atoms with Gasteiger partial charge < -0.3 is 16.4 Å². The number of carbonyl (C=O) groups excluding carboxylic acids is 2. The van der Waals surface area contributed by atoms with Crippen molar-refractivity contribution < 1.29 is 9.59 Å². The molecular weight excluding hydrogens is 242 g/mol. The number of hydrogen-bond acceptors (Lipinski definition) is 3. The SMILES string of the molecule is CC(C)NC(=O)CCCC(=O)NC(C)(CN)C(C)C. The molecule has 0 rings (SSSR count). The molecule has 0 saturated heterocycles. The van der Waals surface area contributed by atoms with E-state index in [9.17, 15) is 9.59 Å². The van der Waals surface area contributed by atoms with Gasteiger partial charge >= 0.3 is 0 Å². The van der Waals surface area contributed by atoms with Crippen LogP contribution >= 0.6 is 0 Å². The maximum Gasteiger partial charge on any atom is 0.220 e. The molecule has 0 saturated carbocycles. The fourth-order valence-corrected chi connectivity index (χ4v) is 1.62. The Labute approximate surface area is 116 Å². The molecule has 0 bridgehead atoms. The fourth-order valence-electron chi connectivity index (χ4n) is 1.62. The molecule has 5 nitrogen and oxygen atoms in total. The van der Waals surface area contributed by atoms with Crippen molar-refractivity contribution in [3.05, 3.63) is 0 Å². The third-order valence-corrected chi connectivity index (χ3v) is 3.38. The van der Waals surface area contributed by atoms with Crippen LogP contribution in [0.3, 0.4) is 0 Å². The highest BCUT2D eigenvalue weighted by molar-refractivity contribution is 5.79. The molecular formula is C14H29N3O2. The molecule has 4 N–H and O–H groups in total. The van der Waals surface area contributed by atoms with Gasteiger partial charge in [-0.25, -0.2) is 0 Å². The lowest BCUT2D eigenvalue weighted by Gasteiger charge is -2.33. The second kappa shape index (κ2) is 8.15. The average Bonchev–Trinajstić information content (AvgIpc) is 2.27. The lowest BCUT2D eigenvalue weighted by molar-refractivity contribution is -0.124. The van der Waals surface area contributed by atoms with Crippen LogP contribution in [0.2, 0.25) is 0 Å². The third-order valence-electron chi connectivity index (χ3n) is 3.38. The van der Waals surface area contributed by atoms with Gasteiger partial charge in [0.2, 0.25) is 11.8 Å². The van der Waals surface area contributed by atoms with Gasteiger partial charge in [-0.05, 0) is 33.1 Å². The number of nitrogens with one attached hydrogen (secondary N) is 2. The predicted molar refractivity (Wildman–Crippen MR) is 77.6 cm³/mol. The zero-order valence-electron chi connectivity index (χ0n) is 12.9. The van der Waals surface area contributed by atoms with Gasteiger partial charge in [-0.1, -0.05) is 13.8 Å². The molecule has 0 aliphatic carbocycles. The van der Waals surface area contributed by atoms with Crippen LogP contribution in [-0.2, 0) is 9.59 Å². The van der Waals surface area contributed by atoms with Gasteiger partial charge in [0.05, 0.1) is 5.54 Å². The Morgan fingerprint density at radius 3 is 2.05 bits per heavy atom. The van der Waals surface area contributed by atoms with Crippen molar-refractivity contribution >= 4 is 11.8 Å². The van der Waals surface area contributed by atoms with Crippen LogP contribution < -0.4 is 16.4 Å². The first-order valence-corrected chi connectivity index (χ1v) is 7.01. The van der Waals surface area contributed by atoms with Gasteiger partial charge in [-0.3, -0.25) is 9.59 Å². The zero-order chi connectivity index (χ0) is 15.1. The van der Waals surface area contributed by atoms with Gasteiger partial charge in [-0.2, -0.15) is 0 Å². The summed E-state index contributed by atoms with van der Waals surface area (Å²) >= 11 is 0. The van der Waals surface area contributed by atoms with Crippen molar-refractivity contribution in [1.29, 1.82) is 0 Å². The predicted octanol–water partition coefficient (Wildman–Crippen LogP) is 1.17. The van der Waals surface area contributed by atoms with Crippen LogP contribution in [0.4, 0.5) is 0 Å². The summed E-state index contributed by atoms with van der Waals surface area (Å²) in [6.07, 6.45) is 1.30. The van der Waals surface area contributed by atoms with Crippen molar-refractivity contribution in [3.63, 3.8) is 0 Å². The number of amides is 2. The largest absolute Gasteiger partial charge is 0.354 e. The van der Waals surface area contributed by atoms with Crippen molar-refractivity contribution in [1.82, 2.24) is 10.6 Å². The van der Waals surface area contributed by atoms with E-state index in [1.54, 1.807) is 0 Å². The van der Waals surface area contributed by atoms with Gasteiger partial charge in [0.1, 0.15) is 0 Å². The van der Waals surface area contributed by atoms with E-state index in [1.807, 2.05) is 34.6 Å². The molecule has 0 aromatic heterocycles. The highest BCUT2D eigenvalue weighted by Crippen LogP contribution is 2.15. The molecule has 1 atom stereocenters. The van der Waals surface area contributed by atoms with Crippen LogP contribution in [0.25, 0.3) is 0 Å². The third kappa shape index (κ3) is 7.15. The first-order valence-electron chi connectivity index (χ1n) is 7.01. The Morgan fingerprint density at radius 2 is 1.63 bits per heavy atom. The van der Waals surface area contributed by atoms with Crippen LogP contribution in [0.1, 0.15) is 53.9 Å². The summed E-state index contributed by atoms with van der Waals surface area (Å²) in [5.41, 5.74) is 5.33. The highest BCUT2D eigenvalue weighted by atomic mass is 16.2. The van der Waals surface area contributed by atoms with E-state index in [0.29, 0.717) is 25.8 Å².